The highest BCUT2D eigenvalue weighted by Crippen LogP contribution is 2.25. The van der Waals surface area contributed by atoms with Crippen LogP contribution in [0.4, 0.5) is 0 Å². The van der Waals surface area contributed by atoms with Gasteiger partial charge in [0.25, 0.3) is 0 Å². The van der Waals surface area contributed by atoms with E-state index in [1.807, 2.05) is 19.1 Å². The van der Waals surface area contributed by atoms with E-state index in [1.165, 1.54) is 5.56 Å². The second-order valence-corrected chi connectivity index (χ2v) is 4.30. The molecule has 0 unspecified atom stereocenters. The molecule has 0 spiro atoms. The molecule has 2 heterocycles. The van der Waals surface area contributed by atoms with Gasteiger partial charge < -0.3 is 5.11 Å². The Morgan fingerprint density at radius 2 is 2.25 bits per heavy atom. The Kier molecular flexibility index (Phi) is 3.19. The Bertz CT molecular complexity index is 367. The van der Waals surface area contributed by atoms with Crippen molar-refractivity contribution >= 4 is 5.97 Å². The first-order valence-corrected chi connectivity index (χ1v) is 5.54. The minimum atomic E-state index is -0.676. The van der Waals surface area contributed by atoms with Crippen molar-refractivity contribution in [2.75, 3.05) is 6.54 Å². The van der Waals surface area contributed by atoms with E-state index in [2.05, 4.69) is 9.88 Å². The van der Waals surface area contributed by atoms with E-state index in [9.17, 15) is 4.79 Å². The maximum absolute atomic E-state index is 11.0. The van der Waals surface area contributed by atoms with E-state index in [1.54, 1.807) is 12.4 Å². The summed E-state index contributed by atoms with van der Waals surface area (Å²) in [5.74, 6) is -0.897. The zero-order valence-electron chi connectivity index (χ0n) is 9.34. The van der Waals surface area contributed by atoms with Crippen LogP contribution < -0.4 is 0 Å². The van der Waals surface area contributed by atoms with Gasteiger partial charge in [0, 0.05) is 25.0 Å². The molecule has 1 aromatic heterocycles. The molecule has 16 heavy (non-hydrogen) atoms. The minimum Gasteiger partial charge on any atom is -0.481 e. The summed E-state index contributed by atoms with van der Waals surface area (Å²) in [4.78, 5) is 17.2. The molecule has 1 saturated heterocycles. The Morgan fingerprint density at radius 3 is 2.81 bits per heavy atom. The van der Waals surface area contributed by atoms with E-state index in [0.717, 1.165) is 19.5 Å². The van der Waals surface area contributed by atoms with Crippen molar-refractivity contribution in [3.8, 4) is 0 Å². The van der Waals surface area contributed by atoms with Crippen molar-refractivity contribution in [3.63, 3.8) is 0 Å². The third kappa shape index (κ3) is 2.22. The van der Waals surface area contributed by atoms with Gasteiger partial charge in [0.2, 0.25) is 0 Å². The first kappa shape index (κ1) is 11.1. The topological polar surface area (TPSA) is 53.4 Å². The molecule has 0 amide bonds. The average molecular weight is 220 g/mol. The second kappa shape index (κ2) is 4.61. The number of hydrogen-bond acceptors (Lipinski definition) is 3. The third-order valence-electron chi connectivity index (χ3n) is 3.34. The van der Waals surface area contributed by atoms with Crippen LogP contribution in [0, 0.1) is 5.92 Å². The monoisotopic (exact) mass is 220 g/mol. The fourth-order valence-corrected chi connectivity index (χ4v) is 2.28. The minimum absolute atomic E-state index is 0.116. The molecule has 1 N–H and O–H groups in total. The number of aromatic nitrogens is 1. The number of likely N-dealkylation sites (tertiary alicyclic amines) is 1. The molecule has 2 atom stereocenters. The summed E-state index contributed by atoms with van der Waals surface area (Å²) >= 11 is 0. The van der Waals surface area contributed by atoms with E-state index >= 15 is 0 Å². The predicted octanol–water partition coefficient (Wildman–Crippen LogP) is 1.38. The molecule has 1 fully saturated rings. The molecule has 0 radical (unpaired) electrons. The number of nitrogens with zero attached hydrogens (tertiary/aromatic N) is 2. The molecule has 4 heteroatoms. The molecule has 1 aliphatic heterocycles. The number of carboxylic acid groups (broad SMARTS) is 1. The molecular weight excluding hydrogens is 204 g/mol. The van der Waals surface area contributed by atoms with Crippen LogP contribution in [0.15, 0.2) is 24.5 Å². The SMILES string of the molecule is C[C@@H]1[C@@H](C(=O)O)CCN1Cc1ccncc1. The maximum atomic E-state index is 11.0. The highest BCUT2D eigenvalue weighted by molar-refractivity contribution is 5.71. The number of carbonyl (C=O) groups is 1. The Balaban J connectivity index is 2.00. The van der Waals surface area contributed by atoms with Crippen molar-refractivity contribution in [2.45, 2.75) is 25.9 Å². The van der Waals surface area contributed by atoms with Crippen LogP contribution in [0.1, 0.15) is 18.9 Å². The van der Waals surface area contributed by atoms with Crippen LogP contribution in [0.2, 0.25) is 0 Å². The summed E-state index contributed by atoms with van der Waals surface area (Å²) in [6, 6.07) is 4.06. The van der Waals surface area contributed by atoms with Gasteiger partial charge in [-0.15, -0.1) is 0 Å². The summed E-state index contributed by atoms with van der Waals surface area (Å²) in [5, 5.41) is 9.03. The summed E-state index contributed by atoms with van der Waals surface area (Å²) in [6.45, 7) is 3.67. The Hall–Kier alpha value is -1.42. The summed E-state index contributed by atoms with van der Waals surface area (Å²) in [5.41, 5.74) is 1.19. The standard InChI is InChI=1S/C12H16N2O2/c1-9-11(12(15)16)4-7-14(9)8-10-2-5-13-6-3-10/h2-3,5-6,9,11H,4,7-8H2,1H3,(H,15,16)/t9-,11+/m1/s1. The van der Waals surface area contributed by atoms with Crippen LogP contribution in [-0.4, -0.2) is 33.5 Å². The molecule has 0 bridgehead atoms. The van der Waals surface area contributed by atoms with Crippen LogP contribution in [-0.2, 0) is 11.3 Å². The number of carboxylic acids is 1. The van der Waals surface area contributed by atoms with Crippen LogP contribution >= 0.6 is 0 Å². The summed E-state index contributed by atoms with van der Waals surface area (Å²) < 4.78 is 0. The zero-order chi connectivity index (χ0) is 11.5. The first-order chi connectivity index (χ1) is 7.68. The number of pyridine rings is 1. The fraction of sp³-hybridized carbons (Fsp3) is 0.500. The lowest BCUT2D eigenvalue weighted by Crippen LogP contribution is -2.32. The quantitative estimate of drug-likeness (QED) is 0.836. The highest BCUT2D eigenvalue weighted by Gasteiger charge is 2.35. The molecule has 0 aromatic carbocycles. The maximum Gasteiger partial charge on any atom is 0.308 e. The van der Waals surface area contributed by atoms with Gasteiger partial charge in [-0.2, -0.15) is 0 Å². The first-order valence-electron chi connectivity index (χ1n) is 5.54. The van der Waals surface area contributed by atoms with Gasteiger partial charge in [-0.1, -0.05) is 0 Å². The van der Waals surface area contributed by atoms with Gasteiger partial charge >= 0.3 is 5.97 Å². The largest absolute Gasteiger partial charge is 0.481 e. The van der Waals surface area contributed by atoms with Crippen molar-refractivity contribution in [3.05, 3.63) is 30.1 Å². The van der Waals surface area contributed by atoms with Crippen molar-refractivity contribution < 1.29 is 9.90 Å². The van der Waals surface area contributed by atoms with E-state index < -0.39 is 5.97 Å². The fourth-order valence-electron chi connectivity index (χ4n) is 2.28. The van der Waals surface area contributed by atoms with Crippen molar-refractivity contribution in [1.82, 2.24) is 9.88 Å². The van der Waals surface area contributed by atoms with Gasteiger partial charge in [0.15, 0.2) is 0 Å². The van der Waals surface area contributed by atoms with Gasteiger partial charge in [0.1, 0.15) is 0 Å². The lowest BCUT2D eigenvalue weighted by molar-refractivity contribution is -0.142. The normalized spacial score (nSPS) is 25.8. The van der Waals surface area contributed by atoms with Gasteiger partial charge in [-0.05, 0) is 37.6 Å². The van der Waals surface area contributed by atoms with Crippen LogP contribution in [0.3, 0.4) is 0 Å². The molecule has 2 rings (SSSR count). The van der Waals surface area contributed by atoms with Crippen molar-refractivity contribution in [1.29, 1.82) is 0 Å². The van der Waals surface area contributed by atoms with Crippen molar-refractivity contribution in [2.24, 2.45) is 5.92 Å². The third-order valence-corrected chi connectivity index (χ3v) is 3.34. The van der Waals surface area contributed by atoms with E-state index in [-0.39, 0.29) is 12.0 Å². The molecule has 0 aliphatic carbocycles. The highest BCUT2D eigenvalue weighted by atomic mass is 16.4. The predicted molar refractivity (Wildman–Crippen MR) is 59.9 cm³/mol. The summed E-state index contributed by atoms with van der Waals surface area (Å²) in [7, 11) is 0. The molecule has 1 aliphatic rings. The van der Waals surface area contributed by atoms with E-state index in [4.69, 9.17) is 5.11 Å². The van der Waals surface area contributed by atoms with Crippen LogP contribution in [0.5, 0.6) is 0 Å². The molecule has 1 aromatic rings. The zero-order valence-corrected chi connectivity index (χ0v) is 9.34. The Labute approximate surface area is 94.9 Å². The lowest BCUT2D eigenvalue weighted by Gasteiger charge is -2.22. The molecule has 4 nitrogen and oxygen atoms in total. The van der Waals surface area contributed by atoms with Crippen LogP contribution in [0.25, 0.3) is 0 Å². The molecule has 86 valence electrons. The second-order valence-electron chi connectivity index (χ2n) is 4.30. The smallest absolute Gasteiger partial charge is 0.308 e. The van der Waals surface area contributed by atoms with Gasteiger partial charge in [-0.3, -0.25) is 14.7 Å². The number of aliphatic carboxylic acids is 1. The van der Waals surface area contributed by atoms with E-state index in [0.29, 0.717) is 0 Å². The molecular formula is C12H16N2O2. The number of rotatable bonds is 3. The lowest BCUT2D eigenvalue weighted by atomic mass is 10.0. The Morgan fingerprint density at radius 1 is 1.56 bits per heavy atom. The van der Waals surface area contributed by atoms with Gasteiger partial charge in [0.05, 0.1) is 5.92 Å². The average Bonchev–Trinajstić information content (AvgIpc) is 2.62. The summed E-state index contributed by atoms with van der Waals surface area (Å²) in [6.07, 6.45) is 4.29. The number of hydrogen-bond donors (Lipinski definition) is 1. The molecule has 0 saturated carbocycles. The van der Waals surface area contributed by atoms with Gasteiger partial charge in [-0.25, -0.2) is 0 Å².